The Morgan fingerprint density at radius 2 is 1.57 bits per heavy atom. The average Bonchev–Trinajstić information content (AvgIpc) is 3.56. The van der Waals surface area contributed by atoms with Gasteiger partial charge in [-0.25, -0.2) is 19.7 Å². The SMILES string of the molecule is CC(=O)OC[C@H]1O[C@H](n2cnc3c(CC(N)C(=O)OCc4ccccc4)ncnc32)[C@H](OC(C)=O)[C@@H]1OC(C)=O.O=C(O)C(F)(F)F. The van der Waals surface area contributed by atoms with E-state index in [2.05, 4.69) is 15.0 Å². The van der Waals surface area contributed by atoms with Gasteiger partial charge < -0.3 is 34.5 Å². The number of carbonyl (C=O) groups excluding carboxylic acids is 4. The summed E-state index contributed by atoms with van der Waals surface area (Å²) in [6.07, 6.45) is -6.62. The molecule has 3 aromatic rings. The number of nitrogens with zero attached hydrogens (tertiary/aromatic N) is 4. The van der Waals surface area contributed by atoms with E-state index in [0.29, 0.717) is 11.2 Å². The molecule has 0 spiro atoms. The van der Waals surface area contributed by atoms with Gasteiger partial charge in [-0.05, 0) is 5.56 Å². The van der Waals surface area contributed by atoms with E-state index in [4.69, 9.17) is 39.3 Å². The fourth-order valence-electron chi connectivity index (χ4n) is 4.28. The molecule has 1 saturated heterocycles. The Balaban J connectivity index is 0.000000771. The number of nitrogens with two attached hydrogens (primary N) is 1. The standard InChI is InChI=1S/C26H29N5O9.C2HF3O2/c1-14(32)36-11-20-22(38-15(2)33)23(39-16(3)34)25(40-20)31-13-30-21-19(28-12-29-24(21)31)9-18(27)26(35)37-10-17-7-5-4-6-8-17;3-2(4,5)1(6)7/h4-8,12-13,18,20,22-23,25H,9-11,27H2,1-3H3;(H,6,7)/t18?,20-,22-,23-,25+;/m1./s1. The van der Waals surface area contributed by atoms with Crippen LogP contribution in [0.4, 0.5) is 13.2 Å². The van der Waals surface area contributed by atoms with Crippen LogP contribution in [0.1, 0.15) is 38.3 Å². The first-order chi connectivity index (χ1) is 22.1. The number of aliphatic carboxylic acids is 1. The van der Waals surface area contributed by atoms with Crippen molar-refractivity contribution in [3.8, 4) is 0 Å². The van der Waals surface area contributed by atoms with Crippen LogP contribution in [0.5, 0.6) is 0 Å². The fraction of sp³-hybridized carbons (Fsp3) is 0.429. The molecule has 1 fully saturated rings. The Morgan fingerprint density at radius 3 is 2.15 bits per heavy atom. The van der Waals surface area contributed by atoms with E-state index in [1.807, 2.05) is 30.3 Å². The zero-order chi connectivity index (χ0) is 34.9. The third-order valence-corrected chi connectivity index (χ3v) is 6.23. The molecule has 0 radical (unpaired) electrons. The summed E-state index contributed by atoms with van der Waals surface area (Å²) in [5.74, 6) is -5.23. The summed E-state index contributed by atoms with van der Waals surface area (Å²) < 4.78 is 60.6. The zero-order valence-corrected chi connectivity index (χ0v) is 25.1. The lowest BCUT2D eigenvalue weighted by Crippen LogP contribution is -2.40. The highest BCUT2D eigenvalue weighted by Gasteiger charge is 2.51. The minimum atomic E-state index is -5.08. The second kappa shape index (κ2) is 15.9. The zero-order valence-electron chi connectivity index (χ0n) is 25.1. The summed E-state index contributed by atoms with van der Waals surface area (Å²) in [6.45, 7) is 3.44. The van der Waals surface area contributed by atoms with E-state index in [-0.39, 0.29) is 25.3 Å². The number of imidazole rings is 1. The summed E-state index contributed by atoms with van der Waals surface area (Å²) in [6, 6.07) is 8.17. The normalized spacial score (nSPS) is 19.6. The van der Waals surface area contributed by atoms with Crippen molar-refractivity contribution >= 4 is 41.0 Å². The lowest BCUT2D eigenvalue weighted by molar-refractivity contribution is -0.192. The Kier molecular flexibility index (Phi) is 12.3. The highest BCUT2D eigenvalue weighted by molar-refractivity contribution is 5.78. The van der Waals surface area contributed by atoms with Crippen molar-refractivity contribution in [3.05, 3.63) is 54.2 Å². The molecule has 254 valence electrons. The monoisotopic (exact) mass is 669 g/mol. The van der Waals surface area contributed by atoms with Gasteiger partial charge in [0.2, 0.25) is 0 Å². The van der Waals surface area contributed by atoms with Crippen LogP contribution in [0.15, 0.2) is 43.0 Å². The van der Waals surface area contributed by atoms with Crippen molar-refractivity contribution in [2.24, 2.45) is 5.73 Å². The summed E-state index contributed by atoms with van der Waals surface area (Å²) in [5.41, 5.74) is 7.92. The number of carboxylic acid groups (broad SMARTS) is 1. The Labute approximate surface area is 263 Å². The molecule has 19 heteroatoms. The van der Waals surface area contributed by atoms with E-state index in [0.717, 1.165) is 5.56 Å². The van der Waals surface area contributed by atoms with Gasteiger partial charge in [-0.1, -0.05) is 30.3 Å². The second-order valence-electron chi connectivity index (χ2n) is 9.87. The number of halogens is 3. The summed E-state index contributed by atoms with van der Waals surface area (Å²) in [5, 5.41) is 7.12. The maximum absolute atomic E-state index is 12.5. The molecule has 2 aromatic heterocycles. The van der Waals surface area contributed by atoms with Gasteiger partial charge in [0.05, 0.1) is 12.0 Å². The smallest absolute Gasteiger partial charge is 0.475 e. The molecule has 16 nitrogen and oxygen atoms in total. The lowest BCUT2D eigenvalue weighted by atomic mass is 10.1. The molecular weight excluding hydrogens is 639 g/mol. The van der Waals surface area contributed by atoms with Crippen LogP contribution >= 0.6 is 0 Å². The molecule has 3 heterocycles. The van der Waals surface area contributed by atoms with Crippen molar-refractivity contribution in [1.82, 2.24) is 19.5 Å². The quantitative estimate of drug-likeness (QED) is 0.230. The van der Waals surface area contributed by atoms with Gasteiger partial charge in [0, 0.05) is 27.2 Å². The largest absolute Gasteiger partial charge is 0.490 e. The molecule has 1 aliphatic heterocycles. The molecule has 0 bridgehead atoms. The summed E-state index contributed by atoms with van der Waals surface area (Å²) in [4.78, 5) is 69.5. The fourth-order valence-corrected chi connectivity index (χ4v) is 4.28. The van der Waals surface area contributed by atoms with Crippen molar-refractivity contribution in [2.45, 2.75) is 70.6 Å². The molecule has 4 rings (SSSR count). The number of benzene rings is 1. The van der Waals surface area contributed by atoms with Crippen LogP contribution in [-0.4, -0.2) is 91.6 Å². The highest BCUT2D eigenvalue weighted by atomic mass is 19.4. The molecule has 1 unspecified atom stereocenters. The number of esters is 4. The van der Waals surface area contributed by atoms with Gasteiger partial charge in [0.25, 0.3) is 0 Å². The number of carbonyl (C=O) groups is 5. The molecule has 0 saturated carbocycles. The van der Waals surface area contributed by atoms with Crippen LogP contribution in [0, 0.1) is 0 Å². The predicted molar refractivity (Wildman–Crippen MR) is 149 cm³/mol. The van der Waals surface area contributed by atoms with Gasteiger partial charge in [-0.2, -0.15) is 13.2 Å². The van der Waals surface area contributed by atoms with Crippen molar-refractivity contribution in [3.63, 3.8) is 0 Å². The minimum Gasteiger partial charge on any atom is -0.475 e. The first kappa shape index (κ1) is 36.3. The maximum atomic E-state index is 12.5. The number of carboxylic acids is 1. The van der Waals surface area contributed by atoms with Gasteiger partial charge in [0.1, 0.15) is 37.2 Å². The van der Waals surface area contributed by atoms with Gasteiger partial charge in [0.15, 0.2) is 24.1 Å². The van der Waals surface area contributed by atoms with Crippen LogP contribution in [-0.2, 0) is 60.7 Å². The summed E-state index contributed by atoms with van der Waals surface area (Å²) >= 11 is 0. The Morgan fingerprint density at radius 1 is 0.957 bits per heavy atom. The number of ether oxygens (including phenoxy) is 5. The maximum Gasteiger partial charge on any atom is 0.490 e. The second-order valence-corrected chi connectivity index (χ2v) is 9.87. The molecular formula is C28H30F3N5O11. The Hall–Kier alpha value is -5.17. The number of hydrogen-bond acceptors (Lipinski definition) is 14. The van der Waals surface area contributed by atoms with E-state index >= 15 is 0 Å². The molecule has 5 atom stereocenters. The lowest BCUT2D eigenvalue weighted by Gasteiger charge is -2.23. The topological polar surface area (TPSA) is 221 Å². The third-order valence-electron chi connectivity index (χ3n) is 6.23. The Bertz CT molecular complexity index is 1590. The molecule has 1 aliphatic rings. The number of aromatic nitrogens is 4. The van der Waals surface area contributed by atoms with Gasteiger partial charge in [-0.3, -0.25) is 23.7 Å². The molecule has 0 amide bonds. The van der Waals surface area contributed by atoms with E-state index in [1.165, 1.54) is 38.0 Å². The van der Waals surface area contributed by atoms with Crippen LogP contribution < -0.4 is 5.73 Å². The van der Waals surface area contributed by atoms with Crippen LogP contribution in [0.3, 0.4) is 0 Å². The number of alkyl halides is 3. The number of hydrogen-bond donors (Lipinski definition) is 2. The van der Waals surface area contributed by atoms with E-state index in [9.17, 15) is 32.3 Å². The number of rotatable bonds is 10. The van der Waals surface area contributed by atoms with Crippen molar-refractivity contribution in [1.29, 1.82) is 0 Å². The number of fused-ring (bicyclic) bond motifs is 1. The first-order valence-corrected chi connectivity index (χ1v) is 13.6. The molecule has 47 heavy (non-hydrogen) atoms. The first-order valence-electron chi connectivity index (χ1n) is 13.6. The molecule has 1 aromatic carbocycles. The van der Waals surface area contributed by atoms with E-state index < -0.39 is 66.6 Å². The van der Waals surface area contributed by atoms with Crippen LogP contribution in [0.25, 0.3) is 11.2 Å². The van der Waals surface area contributed by atoms with Crippen LogP contribution in [0.2, 0.25) is 0 Å². The van der Waals surface area contributed by atoms with Gasteiger partial charge in [-0.15, -0.1) is 0 Å². The summed E-state index contributed by atoms with van der Waals surface area (Å²) in [7, 11) is 0. The molecule has 0 aliphatic carbocycles. The average molecular weight is 670 g/mol. The van der Waals surface area contributed by atoms with Crippen molar-refractivity contribution < 1.29 is 65.9 Å². The third kappa shape index (κ3) is 10.2. The van der Waals surface area contributed by atoms with Crippen molar-refractivity contribution in [2.75, 3.05) is 6.61 Å². The van der Waals surface area contributed by atoms with E-state index in [1.54, 1.807) is 0 Å². The predicted octanol–water partition coefficient (Wildman–Crippen LogP) is 1.40. The van der Waals surface area contributed by atoms with Gasteiger partial charge >= 0.3 is 36.0 Å². The highest BCUT2D eigenvalue weighted by Crippen LogP contribution is 2.36. The minimum absolute atomic E-state index is 0.00764. The molecule has 3 N–H and O–H groups in total.